The van der Waals surface area contributed by atoms with Crippen LogP contribution >= 0.6 is 0 Å². The van der Waals surface area contributed by atoms with Gasteiger partial charge in [0.1, 0.15) is 11.5 Å². The Kier molecular flexibility index (Phi) is 4.30. The summed E-state index contributed by atoms with van der Waals surface area (Å²) in [4.78, 5) is 17.5. The normalized spacial score (nSPS) is 27.0. The number of benzene rings is 1. The van der Waals surface area contributed by atoms with Gasteiger partial charge < -0.3 is 19.8 Å². The lowest BCUT2D eigenvalue weighted by molar-refractivity contribution is 0.0117. The van der Waals surface area contributed by atoms with Gasteiger partial charge in [-0.2, -0.15) is 0 Å². The zero-order chi connectivity index (χ0) is 19.2. The minimum absolute atomic E-state index is 0.0959. The number of rotatable bonds is 4. The van der Waals surface area contributed by atoms with Gasteiger partial charge in [0.05, 0.1) is 18.4 Å². The zero-order valence-electron chi connectivity index (χ0n) is 15.6. The highest BCUT2D eigenvalue weighted by Gasteiger charge is 2.50. The van der Waals surface area contributed by atoms with E-state index < -0.39 is 5.97 Å². The number of carboxylic acids is 1. The van der Waals surface area contributed by atoms with E-state index in [1.165, 1.54) is 23.4 Å². The number of aromatic hydroxyl groups is 1. The monoisotopic (exact) mass is 368 g/mol. The number of aromatic nitrogens is 1. The topological polar surface area (TPSA) is 82.9 Å². The van der Waals surface area contributed by atoms with Gasteiger partial charge in [0.2, 0.25) is 0 Å². The molecule has 6 nitrogen and oxygen atoms in total. The van der Waals surface area contributed by atoms with Crippen LogP contribution in [0.15, 0.2) is 36.7 Å². The third-order valence-electron chi connectivity index (χ3n) is 6.36. The van der Waals surface area contributed by atoms with Crippen LogP contribution in [0.1, 0.15) is 34.8 Å². The number of nitrogens with zero attached hydrogens (tertiary/aromatic N) is 2. The van der Waals surface area contributed by atoms with Crippen LogP contribution in [0.4, 0.5) is 0 Å². The quantitative estimate of drug-likeness (QED) is 0.863. The van der Waals surface area contributed by atoms with Crippen LogP contribution in [0.2, 0.25) is 0 Å². The van der Waals surface area contributed by atoms with Gasteiger partial charge in [0, 0.05) is 23.6 Å². The summed E-state index contributed by atoms with van der Waals surface area (Å²) in [5, 5.41) is 19.2. The van der Waals surface area contributed by atoms with Crippen molar-refractivity contribution in [3.63, 3.8) is 0 Å². The van der Waals surface area contributed by atoms with Gasteiger partial charge in [-0.15, -0.1) is 0 Å². The van der Waals surface area contributed by atoms with Crippen molar-refractivity contribution < 1.29 is 19.7 Å². The first-order valence-electron chi connectivity index (χ1n) is 9.22. The van der Waals surface area contributed by atoms with Crippen LogP contribution in [0, 0.1) is 5.92 Å². The molecule has 1 aromatic carbocycles. The Labute approximate surface area is 158 Å². The van der Waals surface area contributed by atoms with Crippen molar-refractivity contribution in [2.24, 2.45) is 5.92 Å². The van der Waals surface area contributed by atoms with Crippen LogP contribution in [0.3, 0.4) is 0 Å². The minimum atomic E-state index is -1.02. The highest BCUT2D eigenvalue weighted by Crippen LogP contribution is 2.49. The van der Waals surface area contributed by atoms with Crippen molar-refractivity contribution in [1.82, 2.24) is 9.88 Å². The molecule has 142 valence electrons. The number of carbonyl (C=O) groups is 1. The lowest BCUT2D eigenvalue weighted by Gasteiger charge is -2.54. The van der Waals surface area contributed by atoms with Crippen LogP contribution in [0.5, 0.6) is 11.5 Å². The van der Waals surface area contributed by atoms with Crippen molar-refractivity contribution in [1.29, 1.82) is 0 Å². The number of hydrogen-bond donors (Lipinski definition) is 2. The lowest BCUT2D eigenvalue weighted by atomic mass is 9.58. The second kappa shape index (κ2) is 6.53. The molecule has 1 fully saturated rings. The van der Waals surface area contributed by atoms with E-state index in [4.69, 9.17) is 9.84 Å². The Morgan fingerprint density at radius 3 is 2.96 bits per heavy atom. The van der Waals surface area contributed by atoms with E-state index in [0.717, 1.165) is 19.4 Å². The van der Waals surface area contributed by atoms with Crippen LogP contribution in [-0.4, -0.2) is 52.3 Å². The fourth-order valence-electron chi connectivity index (χ4n) is 4.72. The predicted octanol–water partition coefficient (Wildman–Crippen LogP) is 2.70. The van der Waals surface area contributed by atoms with Crippen LogP contribution in [0.25, 0.3) is 0 Å². The molecule has 1 aliphatic carbocycles. The number of likely N-dealkylation sites (tertiary alicyclic amines) is 1. The van der Waals surface area contributed by atoms with E-state index in [9.17, 15) is 9.90 Å². The van der Waals surface area contributed by atoms with E-state index >= 15 is 0 Å². The number of hydrogen-bond acceptors (Lipinski definition) is 5. The van der Waals surface area contributed by atoms with Gasteiger partial charge >= 0.3 is 5.97 Å². The molecule has 0 radical (unpaired) electrons. The largest absolute Gasteiger partial charge is 0.508 e. The van der Waals surface area contributed by atoms with E-state index in [0.29, 0.717) is 24.1 Å². The summed E-state index contributed by atoms with van der Waals surface area (Å²) < 4.78 is 6.02. The molecule has 2 aliphatic rings. The number of phenols is 1. The first kappa shape index (κ1) is 17.8. The number of carboxylic acid groups (broad SMARTS) is 1. The third-order valence-corrected chi connectivity index (χ3v) is 6.36. The molecule has 0 spiro atoms. The zero-order valence-corrected chi connectivity index (χ0v) is 15.6. The van der Waals surface area contributed by atoms with Crippen molar-refractivity contribution in [3.8, 4) is 11.5 Å². The Morgan fingerprint density at radius 2 is 2.19 bits per heavy atom. The first-order chi connectivity index (χ1) is 12.9. The molecular weight excluding hydrogens is 344 g/mol. The van der Waals surface area contributed by atoms with Gasteiger partial charge in [-0.05, 0) is 55.8 Å². The predicted molar refractivity (Wildman–Crippen MR) is 100 cm³/mol. The third kappa shape index (κ3) is 3.04. The molecule has 3 unspecified atom stereocenters. The molecule has 6 heteroatoms. The smallest absolute Gasteiger partial charge is 0.337 e. The summed E-state index contributed by atoms with van der Waals surface area (Å²) in [5.74, 6) is -0.0102. The molecular formula is C21H24N2O4. The average Bonchev–Trinajstić information content (AvgIpc) is 2.65. The molecule has 4 rings (SSSR count). The average molecular weight is 368 g/mol. The summed E-state index contributed by atoms with van der Waals surface area (Å²) in [6.45, 7) is 3.73. The van der Waals surface area contributed by atoms with Gasteiger partial charge in [0.25, 0.3) is 0 Å². The van der Waals surface area contributed by atoms with Gasteiger partial charge in [-0.3, -0.25) is 4.98 Å². The van der Waals surface area contributed by atoms with Crippen molar-refractivity contribution >= 4 is 5.97 Å². The van der Waals surface area contributed by atoms with Gasteiger partial charge in [-0.25, -0.2) is 4.79 Å². The van der Waals surface area contributed by atoms with Crippen molar-refractivity contribution in [3.05, 3.63) is 53.3 Å². The molecule has 2 N–H and O–H groups in total. The van der Waals surface area contributed by atoms with E-state index in [1.807, 2.05) is 12.1 Å². The molecule has 2 aromatic rings. The second-order valence-corrected chi connectivity index (χ2v) is 7.89. The molecule has 0 amide bonds. The number of likely N-dealkylation sites (N-methyl/N-ethyl adjacent to an activating group) is 1. The van der Waals surface area contributed by atoms with E-state index in [2.05, 4.69) is 23.9 Å². The standard InChI is InChI=1S/C21H24N2O4/c1-21-5-6-23(2)19(8-13-3-4-15(24)9-17(13)21)18(21)12-27-16-7-14(20(25)26)10-22-11-16/h3-4,7,9-11,18-19,24H,5-6,8,12H2,1-2H3,(H,25,26). The number of phenolic OH excluding ortho intramolecular Hbond substituents is 1. The molecule has 3 atom stereocenters. The molecule has 1 aromatic heterocycles. The van der Waals surface area contributed by atoms with Crippen LogP contribution < -0.4 is 4.74 Å². The second-order valence-electron chi connectivity index (χ2n) is 7.89. The first-order valence-corrected chi connectivity index (χ1v) is 9.22. The van der Waals surface area contributed by atoms with E-state index in [1.54, 1.807) is 12.3 Å². The van der Waals surface area contributed by atoms with Crippen molar-refractivity contribution in [2.45, 2.75) is 31.2 Å². The summed E-state index contributed by atoms with van der Waals surface area (Å²) in [7, 11) is 2.15. The Balaban J connectivity index is 1.64. The van der Waals surface area contributed by atoms with E-state index in [-0.39, 0.29) is 16.9 Å². The molecule has 1 aliphatic heterocycles. The number of fused-ring (bicyclic) bond motifs is 4. The lowest BCUT2D eigenvalue weighted by Crippen LogP contribution is -2.59. The summed E-state index contributed by atoms with van der Waals surface area (Å²) in [5.41, 5.74) is 2.52. The summed E-state index contributed by atoms with van der Waals surface area (Å²) in [6, 6.07) is 7.55. The van der Waals surface area contributed by atoms with Gasteiger partial charge in [-0.1, -0.05) is 13.0 Å². The van der Waals surface area contributed by atoms with Gasteiger partial charge in [0.15, 0.2) is 0 Å². The Bertz CT molecular complexity index is 884. The maximum atomic E-state index is 11.2. The molecule has 1 saturated heterocycles. The minimum Gasteiger partial charge on any atom is -0.508 e. The highest BCUT2D eigenvalue weighted by molar-refractivity contribution is 5.87. The fourth-order valence-corrected chi connectivity index (χ4v) is 4.72. The fraction of sp³-hybridized carbons (Fsp3) is 0.429. The Morgan fingerprint density at radius 1 is 1.37 bits per heavy atom. The maximum Gasteiger partial charge on any atom is 0.337 e. The molecule has 2 heterocycles. The molecule has 27 heavy (non-hydrogen) atoms. The maximum absolute atomic E-state index is 11.2. The number of ether oxygens (including phenoxy) is 1. The number of pyridine rings is 1. The SMILES string of the molecule is CN1CCC2(C)c3cc(O)ccc3CC1C2COc1cncc(C(=O)O)c1. The number of aromatic carboxylic acids is 1. The van der Waals surface area contributed by atoms with Crippen LogP contribution in [-0.2, 0) is 11.8 Å². The summed E-state index contributed by atoms with van der Waals surface area (Å²) in [6.07, 6.45) is 4.77. The Hall–Kier alpha value is -2.60. The highest BCUT2D eigenvalue weighted by atomic mass is 16.5. The number of piperidine rings is 1. The molecule has 2 bridgehead atoms. The van der Waals surface area contributed by atoms with Crippen molar-refractivity contribution in [2.75, 3.05) is 20.2 Å². The summed E-state index contributed by atoms with van der Waals surface area (Å²) >= 11 is 0. The molecule has 0 saturated carbocycles.